The molecule has 1 aliphatic carbocycles. The SMILES string of the molecule is C[C@H](O)c1nccn1C(/C=C/c1ccc(-c2ccc(C3CC(C(=O)NCC(O)CO)C3)cc2)cc1)CO. The number of rotatable bonds is 11. The summed E-state index contributed by atoms with van der Waals surface area (Å²) in [6, 6.07) is 16.3. The van der Waals surface area contributed by atoms with Gasteiger partial charge < -0.3 is 30.3 Å². The zero-order chi connectivity index (χ0) is 26.4. The van der Waals surface area contributed by atoms with Crippen LogP contribution in [0.15, 0.2) is 67.0 Å². The Bertz CT molecular complexity index is 1180. The van der Waals surface area contributed by atoms with Crippen LogP contribution in [0.3, 0.4) is 0 Å². The first-order valence-corrected chi connectivity index (χ1v) is 12.7. The normalized spacial score (nSPS) is 19.8. The number of nitrogens with one attached hydrogen (secondary N) is 1. The standard InChI is InChI=1S/C29H35N3O5/c1-19(35)28-30-12-13-32(28)26(17-33)11-4-20-2-5-21(6-3-20)22-7-9-23(10-8-22)24-14-25(15-24)29(37)31-16-27(36)18-34/h2-13,19,24-27,33-36H,14-18H2,1H3,(H,31,37)/b11-4+/t19-,24?,25?,26?,27?/m0/s1. The van der Waals surface area contributed by atoms with Gasteiger partial charge in [0.05, 0.1) is 25.4 Å². The molecule has 0 saturated heterocycles. The lowest BCUT2D eigenvalue weighted by atomic mass is 9.71. The van der Waals surface area contributed by atoms with E-state index in [-0.39, 0.29) is 37.6 Å². The molecule has 1 heterocycles. The molecule has 1 aliphatic rings. The molecular weight excluding hydrogens is 470 g/mol. The predicted octanol–water partition coefficient (Wildman–Crippen LogP) is 2.81. The number of amides is 1. The van der Waals surface area contributed by atoms with Gasteiger partial charge in [-0.25, -0.2) is 4.98 Å². The van der Waals surface area contributed by atoms with Crippen LogP contribution >= 0.6 is 0 Å². The first-order valence-electron chi connectivity index (χ1n) is 12.7. The number of nitrogens with zero attached hydrogens (tertiary/aromatic N) is 2. The van der Waals surface area contributed by atoms with Gasteiger partial charge in [0, 0.05) is 24.9 Å². The van der Waals surface area contributed by atoms with E-state index < -0.39 is 12.2 Å². The van der Waals surface area contributed by atoms with Gasteiger partial charge in [-0.1, -0.05) is 60.7 Å². The molecule has 0 radical (unpaired) electrons. The lowest BCUT2D eigenvalue weighted by Crippen LogP contribution is -2.41. The molecule has 2 unspecified atom stereocenters. The monoisotopic (exact) mass is 505 g/mol. The second kappa shape index (κ2) is 12.3. The van der Waals surface area contributed by atoms with E-state index >= 15 is 0 Å². The lowest BCUT2D eigenvalue weighted by Gasteiger charge is -2.34. The van der Waals surface area contributed by atoms with E-state index in [1.165, 1.54) is 5.56 Å². The van der Waals surface area contributed by atoms with Gasteiger partial charge >= 0.3 is 0 Å². The minimum Gasteiger partial charge on any atom is -0.394 e. The van der Waals surface area contributed by atoms with E-state index in [4.69, 9.17) is 5.11 Å². The maximum Gasteiger partial charge on any atom is 0.223 e. The third-order valence-electron chi connectivity index (χ3n) is 6.99. The first-order chi connectivity index (χ1) is 17.9. The van der Waals surface area contributed by atoms with Crippen LogP contribution in [0, 0.1) is 5.92 Å². The van der Waals surface area contributed by atoms with E-state index in [1.54, 1.807) is 23.9 Å². The molecule has 1 aromatic heterocycles. The Morgan fingerprint density at radius 2 is 1.70 bits per heavy atom. The van der Waals surface area contributed by atoms with Crippen LogP contribution in [0.25, 0.3) is 17.2 Å². The van der Waals surface area contributed by atoms with E-state index in [9.17, 15) is 20.1 Å². The number of aromatic nitrogens is 2. The Morgan fingerprint density at radius 3 is 2.30 bits per heavy atom. The highest BCUT2D eigenvalue weighted by atomic mass is 16.3. The van der Waals surface area contributed by atoms with Crippen LogP contribution in [0.1, 0.15) is 54.8 Å². The summed E-state index contributed by atoms with van der Waals surface area (Å²) in [5.74, 6) is 0.757. The van der Waals surface area contributed by atoms with Gasteiger partial charge in [0.25, 0.3) is 0 Å². The van der Waals surface area contributed by atoms with Gasteiger partial charge in [0.15, 0.2) is 0 Å². The van der Waals surface area contributed by atoms with E-state index in [1.807, 2.05) is 24.3 Å². The van der Waals surface area contributed by atoms with Crippen molar-refractivity contribution in [2.75, 3.05) is 19.8 Å². The number of hydrogen-bond donors (Lipinski definition) is 5. The molecule has 1 fully saturated rings. The molecule has 196 valence electrons. The van der Waals surface area contributed by atoms with Gasteiger partial charge in [-0.05, 0) is 47.9 Å². The summed E-state index contributed by atoms with van der Waals surface area (Å²) in [6.07, 6.45) is 7.16. The van der Waals surface area contributed by atoms with Gasteiger partial charge in [-0.3, -0.25) is 4.79 Å². The summed E-state index contributed by atoms with van der Waals surface area (Å²) in [6.45, 7) is 1.27. The zero-order valence-corrected chi connectivity index (χ0v) is 20.9. The summed E-state index contributed by atoms with van der Waals surface area (Å²) >= 11 is 0. The van der Waals surface area contributed by atoms with Crippen molar-refractivity contribution in [2.45, 2.75) is 43.9 Å². The van der Waals surface area contributed by atoms with Crippen molar-refractivity contribution in [3.63, 3.8) is 0 Å². The minimum atomic E-state index is -0.916. The molecule has 37 heavy (non-hydrogen) atoms. The van der Waals surface area contributed by atoms with Crippen molar-refractivity contribution in [3.8, 4) is 11.1 Å². The Labute approximate surface area is 216 Å². The third kappa shape index (κ3) is 6.53. The molecule has 3 atom stereocenters. The number of aliphatic hydroxyl groups excluding tert-OH is 4. The van der Waals surface area contributed by atoms with Crippen molar-refractivity contribution in [1.82, 2.24) is 14.9 Å². The number of carbonyl (C=O) groups is 1. The Balaban J connectivity index is 1.32. The summed E-state index contributed by atoms with van der Waals surface area (Å²) in [4.78, 5) is 16.3. The van der Waals surface area contributed by atoms with E-state index in [0.717, 1.165) is 29.5 Å². The summed E-state index contributed by atoms with van der Waals surface area (Å²) in [5, 5.41) is 40.6. The topological polar surface area (TPSA) is 128 Å². The largest absolute Gasteiger partial charge is 0.394 e. The highest BCUT2D eigenvalue weighted by molar-refractivity contribution is 5.80. The number of aliphatic hydroxyl groups is 4. The van der Waals surface area contributed by atoms with Crippen LogP contribution in [-0.4, -0.2) is 61.7 Å². The Morgan fingerprint density at radius 1 is 1.05 bits per heavy atom. The number of hydrogen-bond acceptors (Lipinski definition) is 6. The van der Waals surface area contributed by atoms with E-state index in [0.29, 0.717) is 11.7 Å². The maximum atomic E-state index is 12.2. The highest BCUT2D eigenvalue weighted by Crippen LogP contribution is 2.42. The second-order valence-corrected chi connectivity index (χ2v) is 9.67. The predicted molar refractivity (Wildman–Crippen MR) is 141 cm³/mol. The minimum absolute atomic E-state index is 0.0472. The van der Waals surface area contributed by atoms with Crippen LogP contribution in [0.2, 0.25) is 0 Å². The molecule has 1 saturated carbocycles. The molecule has 8 heteroatoms. The molecule has 5 N–H and O–H groups in total. The van der Waals surface area contributed by atoms with Crippen LogP contribution in [-0.2, 0) is 4.79 Å². The molecule has 0 aliphatic heterocycles. The van der Waals surface area contributed by atoms with Gasteiger partial charge in [0.1, 0.15) is 11.9 Å². The second-order valence-electron chi connectivity index (χ2n) is 9.67. The molecule has 1 amide bonds. The zero-order valence-electron chi connectivity index (χ0n) is 20.9. The molecule has 8 nitrogen and oxygen atoms in total. The number of carbonyl (C=O) groups excluding carboxylic acids is 1. The maximum absolute atomic E-state index is 12.2. The third-order valence-corrected chi connectivity index (χ3v) is 6.99. The van der Waals surface area contributed by atoms with Crippen molar-refractivity contribution < 1.29 is 25.2 Å². The van der Waals surface area contributed by atoms with Gasteiger partial charge in [-0.15, -0.1) is 0 Å². The fourth-order valence-electron chi connectivity index (χ4n) is 4.66. The van der Waals surface area contributed by atoms with Crippen LogP contribution in [0.4, 0.5) is 0 Å². The van der Waals surface area contributed by atoms with Gasteiger partial charge in [-0.2, -0.15) is 0 Å². The molecule has 2 aromatic carbocycles. The average Bonchev–Trinajstić information content (AvgIpc) is 3.38. The van der Waals surface area contributed by atoms with Gasteiger partial charge in [0.2, 0.25) is 5.91 Å². The molecule has 0 bridgehead atoms. The number of benzene rings is 2. The number of imidazole rings is 1. The van der Waals surface area contributed by atoms with Crippen molar-refractivity contribution in [1.29, 1.82) is 0 Å². The summed E-state index contributed by atoms with van der Waals surface area (Å²) in [5.41, 5.74) is 4.43. The molecular formula is C29H35N3O5. The fraction of sp³-hybridized carbons (Fsp3) is 0.379. The average molecular weight is 506 g/mol. The van der Waals surface area contributed by atoms with Crippen molar-refractivity contribution in [3.05, 3.63) is 84.0 Å². The summed E-state index contributed by atoms with van der Waals surface area (Å²) < 4.78 is 1.77. The molecule has 0 spiro atoms. The van der Waals surface area contributed by atoms with Crippen molar-refractivity contribution >= 4 is 12.0 Å². The van der Waals surface area contributed by atoms with E-state index in [2.05, 4.69) is 46.7 Å². The lowest BCUT2D eigenvalue weighted by molar-refractivity contribution is -0.128. The van der Waals surface area contributed by atoms with Crippen LogP contribution in [0.5, 0.6) is 0 Å². The highest BCUT2D eigenvalue weighted by Gasteiger charge is 2.35. The molecule has 4 rings (SSSR count). The van der Waals surface area contributed by atoms with Crippen molar-refractivity contribution in [2.24, 2.45) is 5.92 Å². The summed E-state index contributed by atoms with van der Waals surface area (Å²) in [7, 11) is 0. The Hall–Kier alpha value is -3.30. The van der Waals surface area contributed by atoms with Crippen LogP contribution < -0.4 is 5.32 Å². The fourth-order valence-corrected chi connectivity index (χ4v) is 4.66. The molecule has 3 aromatic rings. The smallest absolute Gasteiger partial charge is 0.223 e. The Kier molecular flexibility index (Phi) is 8.89. The quantitative estimate of drug-likeness (QED) is 0.273. The first kappa shape index (κ1) is 26.8.